The van der Waals surface area contributed by atoms with Gasteiger partial charge < -0.3 is 5.11 Å². The van der Waals surface area contributed by atoms with Crippen molar-refractivity contribution in [2.45, 2.75) is 31.7 Å². The minimum atomic E-state index is -4.74. The number of hydrogen-bond donors (Lipinski definition) is 1. The highest BCUT2D eigenvalue weighted by atomic mass is 79.9. The molecule has 27 heavy (non-hydrogen) atoms. The van der Waals surface area contributed by atoms with Crippen molar-refractivity contribution in [3.63, 3.8) is 0 Å². The number of hydrogen-bond acceptors (Lipinski definition) is 3. The minimum absolute atomic E-state index is 0.119. The van der Waals surface area contributed by atoms with Gasteiger partial charge >= 0.3 is 6.18 Å². The average Bonchev–Trinajstić information content (AvgIpc) is 3.01. The molecule has 0 fully saturated rings. The number of rotatable bonds is 3. The van der Waals surface area contributed by atoms with Gasteiger partial charge in [-0.1, -0.05) is 47.1 Å². The Morgan fingerprint density at radius 2 is 1.78 bits per heavy atom. The van der Waals surface area contributed by atoms with Crippen molar-refractivity contribution in [2.24, 2.45) is 5.10 Å². The quantitative estimate of drug-likeness (QED) is 0.756. The smallest absolute Gasteiger partial charge is 0.365 e. The van der Waals surface area contributed by atoms with Gasteiger partial charge in [-0.25, -0.2) is 0 Å². The molecule has 142 valence electrons. The second kappa shape index (κ2) is 7.09. The van der Waals surface area contributed by atoms with E-state index in [0.717, 1.165) is 12.0 Å². The van der Waals surface area contributed by atoms with Crippen molar-refractivity contribution in [3.05, 3.63) is 69.7 Å². The zero-order chi connectivity index (χ0) is 19.8. The lowest BCUT2D eigenvalue weighted by Gasteiger charge is -2.31. The first-order valence-corrected chi connectivity index (χ1v) is 9.01. The van der Waals surface area contributed by atoms with E-state index < -0.39 is 29.9 Å². The predicted octanol–water partition coefficient (Wildman–Crippen LogP) is 4.62. The van der Waals surface area contributed by atoms with Crippen LogP contribution in [-0.2, 0) is 12.1 Å². The van der Waals surface area contributed by atoms with Crippen LogP contribution in [0, 0.1) is 0 Å². The average molecular weight is 441 g/mol. The minimum Gasteiger partial charge on any atom is -0.365 e. The van der Waals surface area contributed by atoms with Crippen LogP contribution in [0.3, 0.4) is 0 Å². The fraction of sp³-hybridized carbons (Fsp3) is 0.263. The monoisotopic (exact) mass is 440 g/mol. The lowest BCUT2D eigenvalue weighted by Crippen LogP contribution is -2.43. The number of aliphatic hydroxyl groups is 1. The molecular weight excluding hydrogens is 425 g/mol. The van der Waals surface area contributed by atoms with Gasteiger partial charge in [-0.2, -0.15) is 23.3 Å². The van der Waals surface area contributed by atoms with Crippen molar-refractivity contribution < 1.29 is 23.1 Å². The van der Waals surface area contributed by atoms with Gasteiger partial charge in [0.15, 0.2) is 5.72 Å². The van der Waals surface area contributed by atoms with E-state index in [1.165, 1.54) is 24.3 Å². The summed E-state index contributed by atoms with van der Waals surface area (Å²) < 4.78 is 40.4. The van der Waals surface area contributed by atoms with Crippen LogP contribution in [0.5, 0.6) is 0 Å². The van der Waals surface area contributed by atoms with Crippen LogP contribution in [0.15, 0.2) is 58.1 Å². The third-order valence-corrected chi connectivity index (χ3v) is 4.95. The topological polar surface area (TPSA) is 52.9 Å². The maximum atomic E-state index is 13.2. The molecule has 4 nitrogen and oxygen atoms in total. The normalized spacial score (nSPS) is 19.9. The summed E-state index contributed by atoms with van der Waals surface area (Å²) in [6.45, 7) is 1.94. The third kappa shape index (κ3) is 3.77. The molecule has 1 aliphatic heterocycles. The van der Waals surface area contributed by atoms with E-state index >= 15 is 0 Å². The third-order valence-electron chi connectivity index (χ3n) is 4.42. The number of carbonyl (C=O) groups excluding carboxylic acids is 1. The Kier molecular flexibility index (Phi) is 5.14. The van der Waals surface area contributed by atoms with Crippen molar-refractivity contribution in [2.75, 3.05) is 0 Å². The van der Waals surface area contributed by atoms with Gasteiger partial charge in [0.05, 0.1) is 6.42 Å². The summed E-state index contributed by atoms with van der Waals surface area (Å²) in [5.41, 5.74) is -2.15. The number of halogens is 4. The molecule has 0 aliphatic carbocycles. The van der Waals surface area contributed by atoms with Crippen molar-refractivity contribution >= 4 is 27.5 Å². The molecule has 0 spiro atoms. The lowest BCUT2D eigenvalue weighted by molar-refractivity contribution is -0.0816. The van der Waals surface area contributed by atoms with Gasteiger partial charge in [-0.15, -0.1) is 0 Å². The van der Waals surface area contributed by atoms with Crippen LogP contribution in [0.2, 0.25) is 0 Å². The molecule has 0 saturated heterocycles. The molecule has 1 aliphatic rings. The number of amides is 1. The molecule has 1 heterocycles. The summed E-state index contributed by atoms with van der Waals surface area (Å²) in [5.74, 6) is -0.816. The number of nitrogens with zero attached hydrogens (tertiary/aromatic N) is 2. The van der Waals surface area contributed by atoms with E-state index in [1.807, 2.05) is 6.92 Å². The number of alkyl halides is 3. The van der Waals surface area contributed by atoms with Crippen LogP contribution < -0.4 is 0 Å². The van der Waals surface area contributed by atoms with Gasteiger partial charge in [0, 0.05) is 15.6 Å². The van der Waals surface area contributed by atoms with Gasteiger partial charge in [0.2, 0.25) is 0 Å². The Morgan fingerprint density at radius 1 is 1.19 bits per heavy atom. The van der Waals surface area contributed by atoms with E-state index in [2.05, 4.69) is 21.0 Å². The summed E-state index contributed by atoms with van der Waals surface area (Å²) in [4.78, 5) is 12.8. The van der Waals surface area contributed by atoms with E-state index in [0.29, 0.717) is 9.48 Å². The Bertz CT molecular complexity index is 879. The fourth-order valence-corrected chi connectivity index (χ4v) is 3.13. The van der Waals surface area contributed by atoms with Crippen molar-refractivity contribution in [1.29, 1.82) is 0 Å². The number of aryl methyl sites for hydroxylation is 1. The van der Waals surface area contributed by atoms with Crippen LogP contribution in [0.4, 0.5) is 13.2 Å². The van der Waals surface area contributed by atoms with Crippen molar-refractivity contribution in [3.8, 4) is 0 Å². The van der Waals surface area contributed by atoms with Crippen LogP contribution >= 0.6 is 15.9 Å². The van der Waals surface area contributed by atoms with E-state index in [4.69, 9.17) is 0 Å². The highest BCUT2D eigenvalue weighted by molar-refractivity contribution is 9.10. The Hall–Kier alpha value is -2.19. The molecule has 2 aromatic rings. The molecule has 0 radical (unpaired) electrons. The molecule has 2 aromatic carbocycles. The summed E-state index contributed by atoms with van der Waals surface area (Å²) in [5, 5.41) is 15.1. The Morgan fingerprint density at radius 3 is 2.30 bits per heavy atom. The van der Waals surface area contributed by atoms with Crippen LogP contribution in [0.25, 0.3) is 0 Å². The molecule has 0 unspecified atom stereocenters. The molecule has 0 aromatic heterocycles. The Labute approximate surface area is 162 Å². The summed E-state index contributed by atoms with van der Waals surface area (Å²) in [7, 11) is 0. The largest absolute Gasteiger partial charge is 0.431 e. The maximum absolute atomic E-state index is 13.2. The maximum Gasteiger partial charge on any atom is 0.431 e. The first kappa shape index (κ1) is 19.6. The standard InChI is InChI=1S/C19H16BrF3N2O2/c1-2-12-3-7-14(8-4-12)18(27)11-16(19(21,22)23)24-25(18)17(26)13-5-9-15(20)10-6-13/h3-10,27H,2,11H2,1H3/t18-/m0/s1. The molecule has 1 N–H and O–H groups in total. The van der Waals surface area contributed by atoms with Crippen LogP contribution in [-0.4, -0.2) is 27.9 Å². The number of carbonyl (C=O) groups is 1. The van der Waals surface area contributed by atoms with Crippen LogP contribution in [0.1, 0.15) is 34.8 Å². The van der Waals surface area contributed by atoms with Gasteiger partial charge in [0.25, 0.3) is 5.91 Å². The van der Waals surface area contributed by atoms with Gasteiger partial charge in [-0.3, -0.25) is 4.79 Å². The number of hydrazone groups is 1. The first-order valence-electron chi connectivity index (χ1n) is 8.21. The summed E-state index contributed by atoms with van der Waals surface area (Å²) in [6.07, 6.45) is -4.83. The highest BCUT2D eigenvalue weighted by Gasteiger charge is 2.53. The lowest BCUT2D eigenvalue weighted by atomic mass is 9.95. The molecule has 8 heteroatoms. The molecule has 1 amide bonds. The van der Waals surface area contributed by atoms with Gasteiger partial charge in [-0.05, 0) is 36.2 Å². The predicted molar refractivity (Wildman–Crippen MR) is 98.1 cm³/mol. The SMILES string of the molecule is CCc1ccc([C@@]2(O)CC(C(F)(F)F)=NN2C(=O)c2ccc(Br)cc2)cc1. The summed E-state index contributed by atoms with van der Waals surface area (Å²) >= 11 is 3.24. The van der Waals surface area contributed by atoms with E-state index in [1.54, 1.807) is 24.3 Å². The highest BCUT2D eigenvalue weighted by Crippen LogP contribution is 2.40. The van der Waals surface area contributed by atoms with Gasteiger partial charge in [0.1, 0.15) is 5.71 Å². The molecule has 3 rings (SSSR count). The molecule has 0 saturated carbocycles. The fourth-order valence-electron chi connectivity index (χ4n) is 2.86. The first-order chi connectivity index (χ1) is 12.6. The molecule has 1 atom stereocenters. The zero-order valence-corrected chi connectivity index (χ0v) is 15.9. The molecule has 0 bridgehead atoms. The molecular formula is C19H16BrF3N2O2. The van der Waals surface area contributed by atoms with E-state index in [-0.39, 0.29) is 11.1 Å². The Balaban J connectivity index is 2.05. The van der Waals surface area contributed by atoms with E-state index in [9.17, 15) is 23.1 Å². The second-order valence-corrected chi connectivity index (χ2v) is 7.13. The number of benzene rings is 2. The van der Waals surface area contributed by atoms with Crippen molar-refractivity contribution in [1.82, 2.24) is 5.01 Å². The summed E-state index contributed by atoms with van der Waals surface area (Å²) in [6, 6.07) is 12.6. The zero-order valence-electron chi connectivity index (χ0n) is 14.3. The second-order valence-electron chi connectivity index (χ2n) is 6.21.